The normalized spacial score (nSPS) is 20.1. The third-order valence-electron chi connectivity index (χ3n) is 4.02. The highest BCUT2D eigenvalue weighted by Crippen LogP contribution is 2.23. The lowest BCUT2D eigenvalue weighted by atomic mass is 9.96. The number of para-hydroxylation sites is 1. The summed E-state index contributed by atoms with van der Waals surface area (Å²) >= 11 is 0. The second-order valence-electron chi connectivity index (χ2n) is 5.47. The van der Waals surface area contributed by atoms with Crippen molar-refractivity contribution < 1.29 is 4.79 Å². The molecule has 1 unspecified atom stereocenters. The molecule has 3 nitrogen and oxygen atoms in total. The van der Waals surface area contributed by atoms with Gasteiger partial charge in [-0.15, -0.1) is 0 Å². The summed E-state index contributed by atoms with van der Waals surface area (Å²) in [4.78, 5) is 14.5. The highest BCUT2D eigenvalue weighted by atomic mass is 16.2. The van der Waals surface area contributed by atoms with Gasteiger partial charge in [0.1, 0.15) is 0 Å². The lowest BCUT2D eigenvalue weighted by molar-refractivity contribution is 0.0761. The molecule has 1 aromatic rings. The molecule has 3 heteroatoms. The molecule has 0 aliphatic carbocycles. The topological polar surface area (TPSA) is 46.3 Å². The Morgan fingerprint density at radius 1 is 1.32 bits per heavy atom. The maximum atomic E-state index is 12.5. The predicted octanol–water partition coefficient (Wildman–Crippen LogP) is 3.31. The van der Waals surface area contributed by atoms with Crippen LogP contribution >= 0.6 is 0 Å². The maximum absolute atomic E-state index is 12.5. The lowest BCUT2D eigenvalue weighted by Crippen LogP contribution is -2.32. The minimum Gasteiger partial charge on any atom is -0.398 e. The fraction of sp³-hybridized carbons (Fsp3) is 0.562. The Morgan fingerprint density at radius 3 is 2.84 bits per heavy atom. The van der Waals surface area contributed by atoms with Crippen LogP contribution in [0.15, 0.2) is 24.3 Å². The number of amides is 1. The van der Waals surface area contributed by atoms with Crippen molar-refractivity contribution in [2.24, 2.45) is 5.92 Å². The van der Waals surface area contributed by atoms with Crippen molar-refractivity contribution in [3.05, 3.63) is 29.8 Å². The first-order valence-electron chi connectivity index (χ1n) is 7.36. The third-order valence-corrected chi connectivity index (χ3v) is 4.02. The summed E-state index contributed by atoms with van der Waals surface area (Å²) in [6.45, 7) is 3.98. The van der Waals surface area contributed by atoms with E-state index < -0.39 is 0 Å². The van der Waals surface area contributed by atoms with Crippen LogP contribution in [-0.4, -0.2) is 23.9 Å². The van der Waals surface area contributed by atoms with E-state index in [1.807, 2.05) is 23.1 Å². The average molecular weight is 260 g/mol. The molecule has 0 spiro atoms. The monoisotopic (exact) mass is 260 g/mol. The molecule has 0 bridgehead atoms. The van der Waals surface area contributed by atoms with Crippen molar-refractivity contribution in [2.45, 2.75) is 39.0 Å². The standard InChI is InChI=1S/C16H24N2O/c1-2-6-13-7-5-11-18(12-10-13)16(19)14-8-3-4-9-15(14)17/h3-4,8-9,13H,2,5-7,10-12,17H2,1H3. The second-order valence-corrected chi connectivity index (χ2v) is 5.47. The molecule has 2 rings (SSSR count). The molecule has 19 heavy (non-hydrogen) atoms. The first-order chi connectivity index (χ1) is 9.22. The van der Waals surface area contributed by atoms with Gasteiger partial charge in [-0.3, -0.25) is 4.79 Å². The molecule has 2 N–H and O–H groups in total. The van der Waals surface area contributed by atoms with E-state index in [9.17, 15) is 4.79 Å². The molecule has 1 aliphatic heterocycles. The van der Waals surface area contributed by atoms with E-state index >= 15 is 0 Å². The first-order valence-corrected chi connectivity index (χ1v) is 7.36. The number of nitrogens with two attached hydrogens (primary N) is 1. The molecule has 1 atom stereocenters. The van der Waals surface area contributed by atoms with Crippen LogP contribution in [0.4, 0.5) is 5.69 Å². The Balaban J connectivity index is 2.02. The number of benzene rings is 1. The molecule has 104 valence electrons. The lowest BCUT2D eigenvalue weighted by Gasteiger charge is -2.21. The fourth-order valence-electron chi connectivity index (χ4n) is 2.93. The molecule has 1 amide bonds. The van der Waals surface area contributed by atoms with Crippen LogP contribution in [0, 0.1) is 5.92 Å². The Morgan fingerprint density at radius 2 is 2.11 bits per heavy atom. The van der Waals surface area contributed by atoms with Gasteiger partial charge in [-0.05, 0) is 37.3 Å². The highest BCUT2D eigenvalue weighted by Gasteiger charge is 2.22. The zero-order chi connectivity index (χ0) is 13.7. The SMILES string of the molecule is CCCC1CCCN(C(=O)c2ccccc2N)CC1. The number of hydrogen-bond donors (Lipinski definition) is 1. The van der Waals surface area contributed by atoms with Gasteiger partial charge >= 0.3 is 0 Å². The molecular weight excluding hydrogens is 236 g/mol. The fourth-order valence-corrected chi connectivity index (χ4v) is 2.93. The molecule has 0 saturated carbocycles. The zero-order valence-electron chi connectivity index (χ0n) is 11.8. The molecule has 0 radical (unpaired) electrons. The minimum absolute atomic E-state index is 0.0928. The van der Waals surface area contributed by atoms with E-state index in [2.05, 4.69) is 6.92 Å². The molecule has 1 aliphatic rings. The highest BCUT2D eigenvalue weighted by molar-refractivity contribution is 5.99. The minimum atomic E-state index is 0.0928. The Labute approximate surface area is 115 Å². The van der Waals surface area contributed by atoms with Gasteiger partial charge in [0.25, 0.3) is 5.91 Å². The van der Waals surface area contributed by atoms with Gasteiger partial charge in [0, 0.05) is 18.8 Å². The smallest absolute Gasteiger partial charge is 0.255 e. The summed E-state index contributed by atoms with van der Waals surface area (Å²) in [5.74, 6) is 0.881. The second kappa shape index (κ2) is 6.60. The van der Waals surface area contributed by atoms with Crippen molar-refractivity contribution in [3.63, 3.8) is 0 Å². The van der Waals surface area contributed by atoms with E-state index in [4.69, 9.17) is 5.73 Å². The molecular formula is C16H24N2O. The quantitative estimate of drug-likeness (QED) is 0.847. The van der Waals surface area contributed by atoms with E-state index in [0.29, 0.717) is 11.3 Å². The van der Waals surface area contributed by atoms with Gasteiger partial charge in [0.2, 0.25) is 0 Å². The molecule has 1 heterocycles. The van der Waals surface area contributed by atoms with Gasteiger partial charge in [-0.2, -0.15) is 0 Å². The van der Waals surface area contributed by atoms with Gasteiger partial charge < -0.3 is 10.6 Å². The number of hydrogen-bond acceptors (Lipinski definition) is 2. The van der Waals surface area contributed by atoms with Gasteiger partial charge in [-0.25, -0.2) is 0 Å². The molecule has 0 aromatic heterocycles. The van der Waals surface area contributed by atoms with E-state index in [1.165, 1.54) is 19.3 Å². The molecule has 1 saturated heterocycles. The molecule has 1 fully saturated rings. The maximum Gasteiger partial charge on any atom is 0.255 e. The van der Waals surface area contributed by atoms with Crippen molar-refractivity contribution in [2.75, 3.05) is 18.8 Å². The number of likely N-dealkylation sites (tertiary alicyclic amines) is 1. The number of nitrogens with zero attached hydrogens (tertiary/aromatic N) is 1. The van der Waals surface area contributed by atoms with Crippen molar-refractivity contribution >= 4 is 11.6 Å². The average Bonchev–Trinajstić information content (AvgIpc) is 2.65. The van der Waals surface area contributed by atoms with Crippen LogP contribution in [0.3, 0.4) is 0 Å². The summed E-state index contributed by atoms with van der Waals surface area (Å²) in [6.07, 6.45) is 6.02. The molecule has 1 aromatic carbocycles. The predicted molar refractivity (Wildman–Crippen MR) is 79.0 cm³/mol. The van der Waals surface area contributed by atoms with Crippen LogP contribution in [0.1, 0.15) is 49.4 Å². The first kappa shape index (κ1) is 13.9. The van der Waals surface area contributed by atoms with Crippen LogP contribution in [0.25, 0.3) is 0 Å². The zero-order valence-corrected chi connectivity index (χ0v) is 11.8. The van der Waals surface area contributed by atoms with E-state index in [1.54, 1.807) is 6.07 Å². The number of carbonyl (C=O) groups is 1. The Bertz CT molecular complexity index is 431. The van der Waals surface area contributed by atoms with Gasteiger partial charge in [0.15, 0.2) is 0 Å². The summed E-state index contributed by atoms with van der Waals surface area (Å²) in [6, 6.07) is 7.37. The van der Waals surface area contributed by atoms with Crippen molar-refractivity contribution in [3.8, 4) is 0 Å². The Hall–Kier alpha value is -1.51. The van der Waals surface area contributed by atoms with Crippen LogP contribution < -0.4 is 5.73 Å². The third kappa shape index (κ3) is 3.49. The Kier molecular flexibility index (Phi) is 4.83. The van der Waals surface area contributed by atoms with E-state index in [-0.39, 0.29) is 5.91 Å². The number of nitrogen functional groups attached to an aromatic ring is 1. The number of anilines is 1. The van der Waals surface area contributed by atoms with Gasteiger partial charge in [0.05, 0.1) is 5.56 Å². The van der Waals surface area contributed by atoms with Crippen LogP contribution in [0.5, 0.6) is 0 Å². The summed E-state index contributed by atoms with van der Waals surface area (Å²) < 4.78 is 0. The van der Waals surface area contributed by atoms with E-state index in [0.717, 1.165) is 31.8 Å². The van der Waals surface area contributed by atoms with Crippen LogP contribution in [0.2, 0.25) is 0 Å². The van der Waals surface area contributed by atoms with Crippen molar-refractivity contribution in [1.29, 1.82) is 0 Å². The van der Waals surface area contributed by atoms with Gasteiger partial charge in [-0.1, -0.05) is 31.9 Å². The van der Waals surface area contributed by atoms with Crippen molar-refractivity contribution in [1.82, 2.24) is 4.90 Å². The summed E-state index contributed by atoms with van der Waals surface area (Å²) in [7, 11) is 0. The largest absolute Gasteiger partial charge is 0.398 e. The summed E-state index contributed by atoms with van der Waals surface area (Å²) in [5, 5.41) is 0. The number of rotatable bonds is 3. The van der Waals surface area contributed by atoms with Crippen LogP contribution in [-0.2, 0) is 0 Å². The summed E-state index contributed by atoms with van der Waals surface area (Å²) in [5.41, 5.74) is 7.13. The number of carbonyl (C=O) groups excluding carboxylic acids is 1.